The van der Waals surface area contributed by atoms with Crippen LogP contribution in [0, 0.1) is 0 Å². The molecule has 0 aliphatic heterocycles. The number of methoxy groups -OCH3 is 1. The Hall–Kier alpha value is -1.65. The van der Waals surface area contributed by atoms with Gasteiger partial charge in [0.05, 0.1) is 25.0 Å². The van der Waals surface area contributed by atoms with Crippen molar-refractivity contribution in [3.05, 3.63) is 35.2 Å². The number of hydrogen-bond acceptors (Lipinski definition) is 7. The molecule has 2 aromatic heterocycles. The van der Waals surface area contributed by atoms with Gasteiger partial charge in [-0.25, -0.2) is 4.98 Å². The van der Waals surface area contributed by atoms with E-state index >= 15 is 0 Å². The zero-order chi connectivity index (χ0) is 17.2. The lowest BCUT2D eigenvalue weighted by Crippen LogP contribution is -2.33. The minimum atomic E-state index is -0.368. The number of thiazole rings is 1. The first-order valence-corrected chi connectivity index (χ1v) is 8.32. The Kier molecular flexibility index (Phi) is 12.7. The second-order valence-electron chi connectivity index (χ2n) is 4.84. The lowest BCUT2D eigenvalue weighted by molar-refractivity contribution is -0.120. The molecule has 0 radical (unpaired) electrons. The van der Waals surface area contributed by atoms with Gasteiger partial charge < -0.3 is 19.8 Å². The maximum Gasteiger partial charge on any atom is 0.293 e. The Morgan fingerprint density at radius 3 is 2.77 bits per heavy atom. The summed E-state index contributed by atoms with van der Waals surface area (Å²) in [6, 6.07) is 3.20. The van der Waals surface area contributed by atoms with Gasteiger partial charge >= 0.3 is 0 Å². The fourth-order valence-corrected chi connectivity index (χ4v) is 2.53. The Balaban J connectivity index is 0.00000312. The van der Waals surface area contributed by atoms with E-state index in [1.807, 2.05) is 0 Å². The monoisotopic (exact) mass is 424 g/mol. The molecular weight excluding hydrogens is 403 g/mol. The van der Waals surface area contributed by atoms with Gasteiger partial charge in [-0.2, -0.15) is 0 Å². The highest BCUT2D eigenvalue weighted by Crippen LogP contribution is 2.17. The van der Waals surface area contributed by atoms with E-state index in [9.17, 15) is 9.59 Å². The van der Waals surface area contributed by atoms with E-state index in [-0.39, 0.29) is 48.8 Å². The van der Waals surface area contributed by atoms with E-state index < -0.39 is 0 Å². The standard InChI is InChI=1S/C15H20N4O4S.2ClH/c1-22-8-6-16-4-5-17-13(20)9-11-10-24-15(18-11)19-14(21)12-3-2-7-23-12;;/h2-3,7,10,16H,4-6,8-9H2,1H3,(H,17,20)(H,18,19,21);2*1H. The molecule has 2 aromatic rings. The number of aromatic nitrogens is 1. The first-order valence-electron chi connectivity index (χ1n) is 7.44. The van der Waals surface area contributed by atoms with E-state index in [0.717, 1.165) is 6.54 Å². The molecule has 2 rings (SSSR count). The van der Waals surface area contributed by atoms with Gasteiger partial charge in [-0.3, -0.25) is 14.9 Å². The van der Waals surface area contributed by atoms with Gasteiger partial charge in [-0.05, 0) is 12.1 Å². The van der Waals surface area contributed by atoms with Crippen molar-refractivity contribution < 1.29 is 18.7 Å². The number of carbonyl (C=O) groups excluding carboxylic acids is 2. The van der Waals surface area contributed by atoms with Gasteiger partial charge in [0.1, 0.15) is 0 Å². The van der Waals surface area contributed by atoms with E-state index in [2.05, 4.69) is 20.9 Å². The van der Waals surface area contributed by atoms with Crippen LogP contribution in [0.5, 0.6) is 0 Å². The number of anilines is 1. The molecule has 8 nitrogen and oxygen atoms in total. The van der Waals surface area contributed by atoms with Crippen LogP contribution in [-0.4, -0.2) is 50.1 Å². The molecule has 0 saturated heterocycles. The molecule has 0 aliphatic rings. The van der Waals surface area contributed by atoms with E-state index in [0.29, 0.717) is 30.5 Å². The quantitative estimate of drug-likeness (QED) is 0.501. The van der Waals surface area contributed by atoms with Gasteiger partial charge in [0.2, 0.25) is 5.91 Å². The predicted octanol–water partition coefficient (Wildman–Crippen LogP) is 1.73. The summed E-state index contributed by atoms with van der Waals surface area (Å²) in [5.41, 5.74) is 0.611. The van der Waals surface area contributed by atoms with E-state index in [1.54, 1.807) is 24.6 Å². The van der Waals surface area contributed by atoms with Crippen molar-refractivity contribution in [3.63, 3.8) is 0 Å². The first kappa shape index (κ1) is 24.4. The van der Waals surface area contributed by atoms with Crippen LogP contribution in [0.1, 0.15) is 16.2 Å². The summed E-state index contributed by atoms with van der Waals surface area (Å²) in [5.74, 6) is -0.268. The molecule has 0 aromatic carbocycles. The summed E-state index contributed by atoms with van der Waals surface area (Å²) in [7, 11) is 1.64. The number of amides is 2. The third-order valence-corrected chi connectivity index (χ3v) is 3.77. The third kappa shape index (κ3) is 8.63. The Morgan fingerprint density at radius 2 is 2.08 bits per heavy atom. The number of hydrogen-bond donors (Lipinski definition) is 3. The van der Waals surface area contributed by atoms with Crippen molar-refractivity contribution in [1.82, 2.24) is 15.6 Å². The van der Waals surface area contributed by atoms with Gasteiger partial charge in [0.25, 0.3) is 5.91 Å². The van der Waals surface area contributed by atoms with Crippen LogP contribution in [0.15, 0.2) is 28.2 Å². The number of nitrogens with one attached hydrogen (secondary N) is 3. The second-order valence-corrected chi connectivity index (χ2v) is 5.70. The Bertz CT molecular complexity index is 652. The number of carbonyl (C=O) groups is 2. The van der Waals surface area contributed by atoms with E-state index in [1.165, 1.54) is 17.6 Å². The van der Waals surface area contributed by atoms with Crippen molar-refractivity contribution >= 4 is 53.1 Å². The number of ether oxygens (including phenoxy) is 1. The Morgan fingerprint density at radius 1 is 1.27 bits per heavy atom. The lowest BCUT2D eigenvalue weighted by atomic mass is 10.3. The predicted molar refractivity (Wildman–Crippen MR) is 105 cm³/mol. The molecule has 3 N–H and O–H groups in total. The SMILES string of the molecule is COCCNCCNC(=O)Cc1csc(NC(=O)c2ccco2)n1.Cl.Cl. The number of furan rings is 1. The number of halogens is 2. The minimum Gasteiger partial charge on any atom is -0.459 e. The zero-order valence-electron chi connectivity index (χ0n) is 14.1. The van der Waals surface area contributed by atoms with Gasteiger partial charge in [-0.15, -0.1) is 36.2 Å². The fourth-order valence-electron chi connectivity index (χ4n) is 1.83. The van der Waals surface area contributed by atoms with Crippen LogP contribution in [0.2, 0.25) is 0 Å². The van der Waals surface area contributed by atoms with Crippen molar-refractivity contribution in [2.45, 2.75) is 6.42 Å². The van der Waals surface area contributed by atoms with Crippen molar-refractivity contribution in [1.29, 1.82) is 0 Å². The molecule has 0 spiro atoms. The highest BCUT2D eigenvalue weighted by Gasteiger charge is 2.12. The number of nitrogens with zero attached hydrogens (tertiary/aromatic N) is 1. The highest BCUT2D eigenvalue weighted by molar-refractivity contribution is 7.14. The van der Waals surface area contributed by atoms with Crippen LogP contribution >= 0.6 is 36.2 Å². The highest BCUT2D eigenvalue weighted by atomic mass is 35.5. The summed E-state index contributed by atoms with van der Waals surface area (Å²) >= 11 is 1.26. The van der Waals surface area contributed by atoms with Crippen molar-refractivity contribution in [3.8, 4) is 0 Å². The largest absolute Gasteiger partial charge is 0.459 e. The van der Waals surface area contributed by atoms with Crippen LogP contribution in [0.3, 0.4) is 0 Å². The third-order valence-electron chi connectivity index (χ3n) is 2.97. The summed E-state index contributed by atoms with van der Waals surface area (Å²) in [6.45, 7) is 2.60. The smallest absolute Gasteiger partial charge is 0.293 e. The molecule has 26 heavy (non-hydrogen) atoms. The molecule has 11 heteroatoms. The van der Waals surface area contributed by atoms with Crippen LogP contribution in [0.4, 0.5) is 5.13 Å². The molecule has 0 unspecified atom stereocenters. The summed E-state index contributed by atoms with van der Waals surface area (Å²) < 4.78 is 9.91. The maximum atomic E-state index is 11.8. The van der Waals surface area contributed by atoms with Crippen molar-refractivity contribution in [2.75, 3.05) is 38.7 Å². The van der Waals surface area contributed by atoms with Gasteiger partial charge in [-0.1, -0.05) is 0 Å². The molecule has 0 bridgehead atoms. The zero-order valence-corrected chi connectivity index (χ0v) is 16.6. The normalized spacial score (nSPS) is 9.73. The van der Waals surface area contributed by atoms with Crippen LogP contribution < -0.4 is 16.0 Å². The molecular formula is C15H22Cl2N4O4S. The van der Waals surface area contributed by atoms with Gasteiger partial charge in [0.15, 0.2) is 10.9 Å². The van der Waals surface area contributed by atoms with Gasteiger partial charge in [0, 0.05) is 32.1 Å². The molecule has 0 fully saturated rings. The average Bonchev–Trinajstić information content (AvgIpc) is 3.23. The van der Waals surface area contributed by atoms with Crippen LogP contribution in [-0.2, 0) is 16.0 Å². The first-order chi connectivity index (χ1) is 11.7. The second kappa shape index (κ2) is 13.5. The Labute approximate surface area is 167 Å². The summed E-state index contributed by atoms with van der Waals surface area (Å²) in [5, 5.41) is 10.7. The molecule has 0 atom stereocenters. The van der Waals surface area contributed by atoms with E-state index in [4.69, 9.17) is 9.15 Å². The topological polar surface area (TPSA) is 105 Å². The average molecular weight is 425 g/mol. The fraction of sp³-hybridized carbons (Fsp3) is 0.400. The maximum absolute atomic E-state index is 11.8. The molecule has 0 saturated carbocycles. The molecule has 2 heterocycles. The molecule has 146 valence electrons. The molecule has 2 amide bonds. The summed E-state index contributed by atoms with van der Waals surface area (Å²) in [6.07, 6.45) is 1.60. The number of rotatable bonds is 10. The van der Waals surface area contributed by atoms with Crippen LogP contribution in [0.25, 0.3) is 0 Å². The van der Waals surface area contributed by atoms with Crippen molar-refractivity contribution in [2.24, 2.45) is 0 Å². The summed E-state index contributed by atoms with van der Waals surface area (Å²) in [4.78, 5) is 27.9. The lowest BCUT2D eigenvalue weighted by Gasteiger charge is -2.05. The minimum absolute atomic E-state index is 0. The molecule has 0 aliphatic carbocycles.